The van der Waals surface area contributed by atoms with Gasteiger partial charge in [0, 0.05) is 30.4 Å². The highest BCUT2D eigenvalue weighted by Crippen LogP contribution is 2.39. The molecule has 140 valence electrons. The maximum Gasteiger partial charge on any atom is 0.256 e. The van der Waals surface area contributed by atoms with Gasteiger partial charge in [0.15, 0.2) is 5.82 Å². The van der Waals surface area contributed by atoms with Crippen molar-refractivity contribution in [2.75, 3.05) is 13.2 Å². The first kappa shape index (κ1) is 17.3. The predicted molar refractivity (Wildman–Crippen MR) is 95.0 cm³/mol. The van der Waals surface area contributed by atoms with Crippen LogP contribution in [-0.4, -0.2) is 44.8 Å². The van der Waals surface area contributed by atoms with Crippen LogP contribution in [0.15, 0.2) is 10.6 Å². The first-order chi connectivity index (χ1) is 12.5. The Kier molecular flexibility index (Phi) is 4.34. The zero-order valence-electron chi connectivity index (χ0n) is 15.9. The lowest BCUT2D eigenvalue weighted by Crippen LogP contribution is -2.47. The van der Waals surface area contributed by atoms with Crippen LogP contribution in [0.2, 0.25) is 0 Å². The second-order valence-corrected chi connectivity index (χ2v) is 7.31. The lowest BCUT2D eigenvalue weighted by Gasteiger charge is -2.37. The standard InChI is InChI=1S/C19H26N4O3/c1-5-22-11(2)10-15(12(22)3)19(24)23-8-9-25-13(4)16(23)18-20-17(21-26-18)14-6-7-14/h10,13-14,16H,5-9H2,1-4H3/t13-,16+/m1/s1. The Morgan fingerprint density at radius 3 is 2.77 bits per heavy atom. The number of morpholine rings is 1. The molecule has 1 amide bonds. The number of aryl methyl sites for hydroxylation is 1. The van der Waals surface area contributed by atoms with Crippen molar-refractivity contribution in [2.24, 2.45) is 0 Å². The molecule has 0 unspecified atom stereocenters. The van der Waals surface area contributed by atoms with Crippen molar-refractivity contribution in [3.63, 3.8) is 0 Å². The minimum atomic E-state index is -0.346. The van der Waals surface area contributed by atoms with Crippen LogP contribution in [0, 0.1) is 13.8 Å². The molecule has 1 aliphatic heterocycles. The first-order valence-electron chi connectivity index (χ1n) is 9.44. The number of nitrogens with zero attached hydrogens (tertiary/aromatic N) is 4. The van der Waals surface area contributed by atoms with Crippen LogP contribution in [0.4, 0.5) is 0 Å². The molecular formula is C19H26N4O3. The maximum absolute atomic E-state index is 13.4. The number of hydrogen-bond acceptors (Lipinski definition) is 5. The Hall–Kier alpha value is -2.15. The van der Waals surface area contributed by atoms with E-state index in [4.69, 9.17) is 9.26 Å². The third kappa shape index (κ3) is 2.84. The number of aromatic nitrogens is 3. The van der Waals surface area contributed by atoms with Gasteiger partial charge in [0.2, 0.25) is 0 Å². The van der Waals surface area contributed by atoms with E-state index < -0.39 is 0 Å². The van der Waals surface area contributed by atoms with Gasteiger partial charge < -0.3 is 18.7 Å². The Bertz CT molecular complexity index is 821. The highest BCUT2D eigenvalue weighted by molar-refractivity contribution is 5.96. The molecule has 0 N–H and O–H groups in total. The molecule has 0 aromatic carbocycles. The van der Waals surface area contributed by atoms with E-state index in [1.54, 1.807) is 0 Å². The predicted octanol–water partition coefficient (Wildman–Crippen LogP) is 2.99. The van der Waals surface area contributed by atoms with Crippen molar-refractivity contribution in [1.29, 1.82) is 0 Å². The van der Waals surface area contributed by atoms with Gasteiger partial charge in [-0.25, -0.2) is 0 Å². The van der Waals surface area contributed by atoms with Crippen molar-refractivity contribution in [3.8, 4) is 0 Å². The normalized spacial score (nSPS) is 23.5. The molecule has 0 radical (unpaired) electrons. The van der Waals surface area contributed by atoms with Crippen molar-refractivity contribution >= 4 is 5.91 Å². The molecule has 2 atom stereocenters. The average molecular weight is 358 g/mol. The minimum absolute atomic E-state index is 0.00382. The molecule has 0 spiro atoms. The smallest absolute Gasteiger partial charge is 0.256 e. The fourth-order valence-corrected chi connectivity index (χ4v) is 3.92. The number of carbonyl (C=O) groups excluding carboxylic acids is 1. The second-order valence-electron chi connectivity index (χ2n) is 7.31. The molecule has 7 heteroatoms. The van der Waals surface area contributed by atoms with E-state index in [2.05, 4.69) is 21.6 Å². The Morgan fingerprint density at radius 1 is 1.35 bits per heavy atom. The number of ether oxygens (including phenoxy) is 1. The van der Waals surface area contributed by atoms with Crippen LogP contribution in [0.5, 0.6) is 0 Å². The van der Waals surface area contributed by atoms with Gasteiger partial charge in [-0.3, -0.25) is 4.79 Å². The summed E-state index contributed by atoms with van der Waals surface area (Å²) < 4.78 is 13.5. The quantitative estimate of drug-likeness (QED) is 0.840. The van der Waals surface area contributed by atoms with Crippen LogP contribution in [0.25, 0.3) is 0 Å². The zero-order valence-corrected chi connectivity index (χ0v) is 15.9. The van der Waals surface area contributed by atoms with Gasteiger partial charge in [0.05, 0.1) is 18.3 Å². The van der Waals surface area contributed by atoms with E-state index in [0.717, 1.165) is 42.2 Å². The molecule has 2 aromatic rings. The van der Waals surface area contributed by atoms with Gasteiger partial charge in [-0.2, -0.15) is 4.98 Å². The Balaban J connectivity index is 1.66. The number of amides is 1. The summed E-state index contributed by atoms with van der Waals surface area (Å²) in [7, 11) is 0. The number of carbonyl (C=O) groups is 1. The fourth-order valence-electron chi connectivity index (χ4n) is 3.92. The molecule has 1 aliphatic carbocycles. The van der Waals surface area contributed by atoms with Crippen LogP contribution < -0.4 is 0 Å². The Morgan fingerprint density at radius 2 is 2.12 bits per heavy atom. The van der Waals surface area contributed by atoms with Crippen LogP contribution >= 0.6 is 0 Å². The lowest BCUT2D eigenvalue weighted by molar-refractivity contribution is -0.0600. The van der Waals surface area contributed by atoms with Gasteiger partial charge >= 0.3 is 0 Å². The fraction of sp³-hybridized carbons (Fsp3) is 0.632. The van der Waals surface area contributed by atoms with E-state index in [0.29, 0.717) is 25.0 Å². The van der Waals surface area contributed by atoms with Gasteiger partial charge in [-0.05, 0) is 46.6 Å². The highest BCUT2D eigenvalue weighted by Gasteiger charge is 2.40. The van der Waals surface area contributed by atoms with Crippen LogP contribution in [-0.2, 0) is 11.3 Å². The van der Waals surface area contributed by atoms with Crippen molar-refractivity contribution in [3.05, 3.63) is 34.7 Å². The summed E-state index contributed by atoms with van der Waals surface area (Å²) in [6.45, 7) is 9.96. The summed E-state index contributed by atoms with van der Waals surface area (Å²) in [5.74, 6) is 1.66. The molecule has 2 aromatic heterocycles. The van der Waals surface area contributed by atoms with Gasteiger partial charge in [-0.1, -0.05) is 5.16 Å². The topological polar surface area (TPSA) is 73.4 Å². The van der Waals surface area contributed by atoms with Crippen molar-refractivity contribution < 1.29 is 14.1 Å². The zero-order chi connectivity index (χ0) is 18.4. The van der Waals surface area contributed by atoms with Gasteiger partial charge in [0.1, 0.15) is 6.04 Å². The van der Waals surface area contributed by atoms with Crippen molar-refractivity contribution in [2.45, 2.75) is 65.1 Å². The third-order valence-corrected chi connectivity index (χ3v) is 5.53. The molecule has 4 rings (SSSR count). The first-order valence-corrected chi connectivity index (χ1v) is 9.44. The van der Waals surface area contributed by atoms with Crippen LogP contribution in [0.3, 0.4) is 0 Å². The molecule has 2 aliphatic rings. The maximum atomic E-state index is 13.4. The minimum Gasteiger partial charge on any atom is -0.374 e. The Labute approximate surface area is 153 Å². The molecule has 26 heavy (non-hydrogen) atoms. The highest BCUT2D eigenvalue weighted by atomic mass is 16.5. The average Bonchev–Trinajstić information content (AvgIpc) is 3.29. The molecule has 2 fully saturated rings. The SMILES string of the molecule is CCn1c(C)cc(C(=O)N2CCO[C@H](C)[C@H]2c2nc(C3CC3)no2)c1C. The van der Waals surface area contributed by atoms with E-state index in [9.17, 15) is 4.79 Å². The van der Waals surface area contributed by atoms with Gasteiger partial charge in [0.25, 0.3) is 11.8 Å². The summed E-state index contributed by atoms with van der Waals surface area (Å²) in [6.07, 6.45) is 2.04. The van der Waals surface area contributed by atoms with Crippen molar-refractivity contribution in [1.82, 2.24) is 19.6 Å². The molecule has 1 saturated heterocycles. The molecule has 3 heterocycles. The summed E-state index contributed by atoms with van der Waals surface area (Å²) in [5, 5.41) is 4.12. The number of hydrogen-bond donors (Lipinski definition) is 0. The molecule has 0 bridgehead atoms. The summed E-state index contributed by atoms with van der Waals surface area (Å²) in [6, 6.07) is 1.63. The third-order valence-electron chi connectivity index (χ3n) is 5.53. The molecule has 1 saturated carbocycles. The van der Waals surface area contributed by atoms with E-state index >= 15 is 0 Å². The summed E-state index contributed by atoms with van der Waals surface area (Å²) >= 11 is 0. The molecular weight excluding hydrogens is 332 g/mol. The van der Waals surface area contributed by atoms with E-state index in [-0.39, 0.29) is 18.1 Å². The van der Waals surface area contributed by atoms with E-state index in [1.165, 1.54) is 0 Å². The van der Waals surface area contributed by atoms with Crippen LogP contribution in [0.1, 0.15) is 72.1 Å². The largest absolute Gasteiger partial charge is 0.374 e. The molecule has 7 nitrogen and oxygen atoms in total. The monoisotopic (exact) mass is 358 g/mol. The van der Waals surface area contributed by atoms with Gasteiger partial charge in [-0.15, -0.1) is 0 Å². The van der Waals surface area contributed by atoms with E-state index in [1.807, 2.05) is 31.7 Å². The second kappa shape index (κ2) is 6.54. The lowest BCUT2D eigenvalue weighted by atomic mass is 10.1. The number of rotatable bonds is 4. The summed E-state index contributed by atoms with van der Waals surface area (Å²) in [5.41, 5.74) is 2.84. The summed E-state index contributed by atoms with van der Waals surface area (Å²) in [4.78, 5) is 19.8.